The van der Waals surface area contributed by atoms with Crippen LogP contribution in [-0.2, 0) is 6.54 Å². The minimum Gasteiger partial charge on any atom is -0.381 e. The van der Waals surface area contributed by atoms with Crippen molar-refractivity contribution < 1.29 is 0 Å². The van der Waals surface area contributed by atoms with Gasteiger partial charge in [0.2, 0.25) is 0 Å². The lowest BCUT2D eigenvalue weighted by Crippen LogP contribution is -2.23. The maximum atomic E-state index is 11.4. The van der Waals surface area contributed by atoms with Crippen LogP contribution < -0.4 is 10.9 Å². The molecular weight excluding hydrogens is 178 g/mol. The fourth-order valence-corrected chi connectivity index (χ4v) is 1.05. The van der Waals surface area contributed by atoms with E-state index in [1.165, 1.54) is 10.7 Å². The SMILES string of the molecule is C#CCn1ncc(NC(C)C)cc1=O. The molecule has 0 unspecified atom stereocenters. The lowest BCUT2D eigenvalue weighted by atomic mass is 10.3. The molecule has 0 fully saturated rings. The molecule has 0 spiro atoms. The van der Waals surface area contributed by atoms with Crippen LogP contribution in [0.2, 0.25) is 0 Å². The molecule has 0 saturated carbocycles. The summed E-state index contributed by atoms with van der Waals surface area (Å²) in [5, 5.41) is 7.01. The minimum absolute atomic E-state index is 0.186. The number of hydrogen-bond acceptors (Lipinski definition) is 3. The Hall–Kier alpha value is -1.76. The van der Waals surface area contributed by atoms with E-state index in [2.05, 4.69) is 16.3 Å². The summed E-state index contributed by atoms with van der Waals surface area (Å²) in [6, 6.07) is 1.77. The molecule has 1 aromatic heterocycles. The Morgan fingerprint density at radius 3 is 2.93 bits per heavy atom. The summed E-state index contributed by atoms with van der Waals surface area (Å²) in [5.74, 6) is 2.37. The maximum Gasteiger partial charge on any atom is 0.269 e. The molecule has 1 N–H and O–H groups in total. The van der Waals surface area contributed by atoms with Crippen LogP contribution in [0.1, 0.15) is 13.8 Å². The van der Waals surface area contributed by atoms with E-state index in [4.69, 9.17) is 6.42 Å². The summed E-state index contributed by atoms with van der Waals surface area (Å²) in [4.78, 5) is 11.4. The molecule has 0 atom stereocenters. The van der Waals surface area contributed by atoms with E-state index in [1.807, 2.05) is 13.8 Å². The molecule has 0 saturated heterocycles. The molecule has 0 aromatic carbocycles. The zero-order valence-corrected chi connectivity index (χ0v) is 8.32. The molecular formula is C10H13N3O. The van der Waals surface area contributed by atoms with E-state index in [1.54, 1.807) is 6.20 Å². The Morgan fingerprint density at radius 2 is 2.43 bits per heavy atom. The second-order valence-electron chi connectivity index (χ2n) is 3.24. The van der Waals surface area contributed by atoms with Crippen molar-refractivity contribution in [2.75, 3.05) is 5.32 Å². The molecule has 1 heterocycles. The predicted octanol–water partition coefficient (Wildman–Crippen LogP) is 0.697. The summed E-state index contributed by atoms with van der Waals surface area (Å²) in [6.45, 7) is 4.20. The third kappa shape index (κ3) is 2.63. The van der Waals surface area contributed by atoms with Crippen LogP contribution >= 0.6 is 0 Å². The number of nitrogens with one attached hydrogen (secondary N) is 1. The van der Waals surface area contributed by atoms with Crippen LogP contribution in [-0.4, -0.2) is 15.8 Å². The van der Waals surface area contributed by atoms with Crippen molar-refractivity contribution in [3.8, 4) is 12.3 Å². The summed E-state index contributed by atoms with van der Waals surface area (Å²) in [6.07, 6.45) is 6.68. The number of terminal acetylenes is 1. The highest BCUT2D eigenvalue weighted by molar-refractivity contribution is 5.39. The van der Waals surface area contributed by atoms with Gasteiger partial charge in [0, 0.05) is 12.1 Å². The molecule has 4 heteroatoms. The van der Waals surface area contributed by atoms with Crippen molar-refractivity contribution >= 4 is 5.69 Å². The van der Waals surface area contributed by atoms with Crippen molar-refractivity contribution in [3.05, 3.63) is 22.6 Å². The van der Waals surface area contributed by atoms with Gasteiger partial charge >= 0.3 is 0 Å². The molecule has 0 aliphatic heterocycles. The molecule has 0 aliphatic carbocycles. The van der Waals surface area contributed by atoms with Crippen LogP contribution in [0.4, 0.5) is 5.69 Å². The van der Waals surface area contributed by atoms with Crippen molar-refractivity contribution in [2.24, 2.45) is 0 Å². The lowest BCUT2D eigenvalue weighted by molar-refractivity contribution is 0.662. The second kappa shape index (κ2) is 4.47. The normalized spacial score (nSPS) is 9.86. The van der Waals surface area contributed by atoms with Crippen LogP contribution in [0, 0.1) is 12.3 Å². The van der Waals surface area contributed by atoms with E-state index in [0.717, 1.165) is 5.69 Å². The third-order valence-electron chi connectivity index (χ3n) is 1.57. The maximum absolute atomic E-state index is 11.4. The second-order valence-corrected chi connectivity index (χ2v) is 3.24. The summed E-state index contributed by atoms with van der Waals surface area (Å²) in [7, 11) is 0. The van der Waals surface area contributed by atoms with Gasteiger partial charge in [-0.25, -0.2) is 4.68 Å². The average Bonchev–Trinajstić information content (AvgIpc) is 2.09. The highest BCUT2D eigenvalue weighted by atomic mass is 16.1. The first-order chi connectivity index (χ1) is 6.63. The molecule has 0 radical (unpaired) electrons. The van der Waals surface area contributed by atoms with Gasteiger partial charge < -0.3 is 5.32 Å². The van der Waals surface area contributed by atoms with Gasteiger partial charge in [-0.15, -0.1) is 6.42 Å². The highest BCUT2D eigenvalue weighted by Gasteiger charge is 1.99. The van der Waals surface area contributed by atoms with E-state index in [0.29, 0.717) is 0 Å². The minimum atomic E-state index is -0.186. The lowest BCUT2D eigenvalue weighted by Gasteiger charge is -2.09. The summed E-state index contributed by atoms with van der Waals surface area (Å²) < 4.78 is 1.24. The average molecular weight is 191 g/mol. The Labute approximate surface area is 82.9 Å². The Bertz CT molecular complexity index is 401. The number of anilines is 1. The summed E-state index contributed by atoms with van der Waals surface area (Å²) >= 11 is 0. The summed E-state index contributed by atoms with van der Waals surface area (Å²) in [5.41, 5.74) is 0.534. The van der Waals surface area contributed by atoms with Crippen molar-refractivity contribution in [3.63, 3.8) is 0 Å². The molecule has 74 valence electrons. The number of rotatable bonds is 3. The number of hydrogen-bond donors (Lipinski definition) is 1. The first-order valence-electron chi connectivity index (χ1n) is 4.40. The highest BCUT2D eigenvalue weighted by Crippen LogP contribution is 2.01. The number of aromatic nitrogens is 2. The standard InChI is InChI=1S/C10H13N3O/c1-4-5-13-10(14)6-9(7-11-13)12-8(2)3/h1,6-8,12H,5H2,2-3H3. The monoisotopic (exact) mass is 191 g/mol. The Balaban J connectivity index is 2.90. The van der Waals surface area contributed by atoms with Crippen LogP contribution in [0.3, 0.4) is 0 Å². The third-order valence-corrected chi connectivity index (χ3v) is 1.57. The van der Waals surface area contributed by atoms with Gasteiger partial charge in [0.05, 0.1) is 11.9 Å². The van der Waals surface area contributed by atoms with Gasteiger partial charge in [-0.2, -0.15) is 5.10 Å². The van der Waals surface area contributed by atoms with Crippen LogP contribution in [0.25, 0.3) is 0 Å². The van der Waals surface area contributed by atoms with E-state index in [9.17, 15) is 4.79 Å². The first-order valence-corrected chi connectivity index (χ1v) is 4.40. The topological polar surface area (TPSA) is 46.9 Å². The molecule has 1 rings (SSSR count). The first kappa shape index (κ1) is 10.3. The molecule has 14 heavy (non-hydrogen) atoms. The van der Waals surface area contributed by atoms with Crippen molar-refractivity contribution in [1.82, 2.24) is 9.78 Å². The van der Waals surface area contributed by atoms with E-state index >= 15 is 0 Å². The molecule has 1 aromatic rings. The van der Waals surface area contributed by atoms with Crippen LogP contribution in [0.15, 0.2) is 17.1 Å². The van der Waals surface area contributed by atoms with Gasteiger partial charge in [-0.1, -0.05) is 5.92 Å². The van der Waals surface area contributed by atoms with Crippen molar-refractivity contribution in [2.45, 2.75) is 26.4 Å². The van der Waals surface area contributed by atoms with Crippen LogP contribution in [0.5, 0.6) is 0 Å². The van der Waals surface area contributed by atoms with E-state index < -0.39 is 0 Å². The molecule has 4 nitrogen and oxygen atoms in total. The van der Waals surface area contributed by atoms with Gasteiger partial charge in [-0.05, 0) is 13.8 Å². The zero-order valence-electron chi connectivity index (χ0n) is 8.32. The van der Waals surface area contributed by atoms with Gasteiger partial charge in [0.25, 0.3) is 5.56 Å². The fraction of sp³-hybridized carbons (Fsp3) is 0.400. The number of nitrogens with zero attached hydrogens (tertiary/aromatic N) is 2. The van der Waals surface area contributed by atoms with Crippen molar-refractivity contribution in [1.29, 1.82) is 0 Å². The Kier molecular flexibility index (Phi) is 3.29. The smallest absolute Gasteiger partial charge is 0.269 e. The molecule has 0 bridgehead atoms. The van der Waals surface area contributed by atoms with E-state index in [-0.39, 0.29) is 18.1 Å². The van der Waals surface area contributed by atoms with Gasteiger partial charge in [0.1, 0.15) is 6.54 Å². The van der Waals surface area contributed by atoms with Gasteiger partial charge in [0.15, 0.2) is 0 Å². The quantitative estimate of drug-likeness (QED) is 0.715. The largest absolute Gasteiger partial charge is 0.381 e. The zero-order chi connectivity index (χ0) is 10.6. The van der Waals surface area contributed by atoms with Gasteiger partial charge in [-0.3, -0.25) is 4.79 Å². The molecule has 0 aliphatic rings. The fourth-order valence-electron chi connectivity index (χ4n) is 1.05. The Morgan fingerprint density at radius 1 is 1.71 bits per heavy atom. The molecule has 0 amide bonds. The predicted molar refractivity (Wildman–Crippen MR) is 56.1 cm³/mol.